The molecule has 134 valence electrons. The molecule has 0 aliphatic heterocycles. The molecular weight excluding hydrogens is 419 g/mol. The molecule has 2 aromatic carbocycles. The van der Waals surface area contributed by atoms with Gasteiger partial charge in [-0.05, 0) is 48.4 Å². The van der Waals surface area contributed by atoms with E-state index in [1.165, 1.54) is 23.5 Å². The van der Waals surface area contributed by atoms with Gasteiger partial charge in [0.1, 0.15) is 10.8 Å². The summed E-state index contributed by atoms with van der Waals surface area (Å²) < 4.78 is 13.9. The van der Waals surface area contributed by atoms with Crippen LogP contribution in [0.4, 0.5) is 15.2 Å². The highest BCUT2D eigenvalue weighted by molar-refractivity contribution is 9.10. The highest BCUT2D eigenvalue weighted by atomic mass is 79.9. The average Bonchev–Trinajstić information content (AvgIpc) is 3.05. The van der Waals surface area contributed by atoms with Crippen LogP contribution in [-0.4, -0.2) is 22.6 Å². The van der Waals surface area contributed by atoms with Crippen molar-refractivity contribution < 1.29 is 9.18 Å². The fourth-order valence-electron chi connectivity index (χ4n) is 2.29. The lowest BCUT2D eigenvalue weighted by Crippen LogP contribution is -2.22. The largest absolute Gasteiger partial charge is 0.351 e. The molecule has 1 amide bonds. The van der Waals surface area contributed by atoms with Crippen LogP contribution in [0.25, 0.3) is 0 Å². The zero-order valence-corrected chi connectivity index (χ0v) is 16.3. The van der Waals surface area contributed by atoms with Crippen molar-refractivity contribution in [3.63, 3.8) is 0 Å². The molecule has 0 aliphatic carbocycles. The molecular formula is C18H16BrFN4OS. The first-order valence-electron chi connectivity index (χ1n) is 7.86. The number of aryl methyl sites for hydroxylation is 1. The second-order valence-electron chi connectivity index (χ2n) is 5.67. The normalized spacial score (nSPS) is 10.6. The number of hydrogen-bond acceptors (Lipinski definition) is 5. The molecule has 1 heterocycles. The molecule has 0 aliphatic rings. The summed E-state index contributed by atoms with van der Waals surface area (Å²) in [7, 11) is 0. The van der Waals surface area contributed by atoms with Gasteiger partial charge in [0, 0.05) is 16.6 Å². The fourth-order valence-corrected chi connectivity index (χ4v) is 3.54. The second kappa shape index (κ2) is 8.37. The lowest BCUT2D eigenvalue weighted by atomic mass is 10.2. The Morgan fingerprint density at radius 1 is 1.19 bits per heavy atom. The molecule has 5 nitrogen and oxygen atoms in total. The van der Waals surface area contributed by atoms with E-state index >= 15 is 0 Å². The van der Waals surface area contributed by atoms with E-state index in [2.05, 4.69) is 36.8 Å². The minimum Gasteiger partial charge on any atom is -0.351 e. The molecule has 3 rings (SSSR count). The summed E-state index contributed by atoms with van der Waals surface area (Å²) >= 11 is 4.77. The van der Waals surface area contributed by atoms with Crippen molar-refractivity contribution in [2.24, 2.45) is 0 Å². The van der Waals surface area contributed by atoms with E-state index < -0.39 is 0 Å². The van der Waals surface area contributed by atoms with Crippen molar-refractivity contribution in [1.82, 2.24) is 10.2 Å². The van der Waals surface area contributed by atoms with Crippen molar-refractivity contribution in [2.75, 3.05) is 17.2 Å². The maximum atomic E-state index is 12.9. The minimum atomic E-state index is -0.264. The number of halogens is 2. The fraction of sp³-hybridized carbons (Fsp3) is 0.167. The van der Waals surface area contributed by atoms with Crippen LogP contribution in [0, 0.1) is 12.7 Å². The first kappa shape index (κ1) is 18.5. The van der Waals surface area contributed by atoms with E-state index in [9.17, 15) is 9.18 Å². The van der Waals surface area contributed by atoms with Crippen LogP contribution in [-0.2, 0) is 11.2 Å². The Morgan fingerprint density at radius 2 is 1.96 bits per heavy atom. The zero-order chi connectivity index (χ0) is 18.5. The molecule has 0 saturated heterocycles. The van der Waals surface area contributed by atoms with Gasteiger partial charge < -0.3 is 10.6 Å². The van der Waals surface area contributed by atoms with Gasteiger partial charge in [-0.3, -0.25) is 4.79 Å². The number of aromatic nitrogens is 2. The molecule has 0 spiro atoms. The maximum Gasteiger partial charge on any atom is 0.243 e. The van der Waals surface area contributed by atoms with Gasteiger partial charge in [0.15, 0.2) is 0 Å². The van der Waals surface area contributed by atoms with Gasteiger partial charge >= 0.3 is 0 Å². The molecule has 3 aromatic rings. The number of rotatable bonds is 6. The monoisotopic (exact) mass is 434 g/mol. The number of hydrogen-bond donors (Lipinski definition) is 2. The van der Waals surface area contributed by atoms with E-state index in [0.717, 1.165) is 26.3 Å². The van der Waals surface area contributed by atoms with Crippen LogP contribution in [0.5, 0.6) is 0 Å². The van der Waals surface area contributed by atoms with Crippen LogP contribution in [0.15, 0.2) is 46.9 Å². The summed E-state index contributed by atoms with van der Waals surface area (Å²) in [6.07, 6.45) is 0.573. The standard InChI is InChI=1S/C18H16BrFN4OS/c1-11-8-13(19)4-7-15(11)22-16(25)10-21-18-24-23-17(26-18)9-12-2-5-14(20)6-3-12/h2-8H,9-10H2,1H3,(H,21,24)(H,22,25). The molecule has 1 aromatic heterocycles. The lowest BCUT2D eigenvalue weighted by Gasteiger charge is -2.08. The Morgan fingerprint density at radius 3 is 2.69 bits per heavy atom. The van der Waals surface area contributed by atoms with Crippen molar-refractivity contribution >= 4 is 44.0 Å². The summed E-state index contributed by atoms with van der Waals surface area (Å²) in [4.78, 5) is 12.1. The molecule has 8 heteroatoms. The number of amides is 1. The average molecular weight is 435 g/mol. The Labute approximate surface area is 162 Å². The smallest absolute Gasteiger partial charge is 0.243 e. The first-order valence-corrected chi connectivity index (χ1v) is 9.47. The van der Waals surface area contributed by atoms with E-state index in [1.807, 2.05) is 25.1 Å². The predicted molar refractivity (Wildman–Crippen MR) is 105 cm³/mol. The van der Waals surface area contributed by atoms with Gasteiger partial charge in [0.25, 0.3) is 0 Å². The van der Waals surface area contributed by atoms with Gasteiger partial charge in [-0.1, -0.05) is 39.4 Å². The summed E-state index contributed by atoms with van der Waals surface area (Å²) in [5, 5.41) is 15.3. The highest BCUT2D eigenvalue weighted by Gasteiger charge is 2.09. The summed E-state index contributed by atoms with van der Waals surface area (Å²) in [6, 6.07) is 11.9. The minimum absolute atomic E-state index is 0.0979. The molecule has 0 saturated carbocycles. The number of nitrogens with one attached hydrogen (secondary N) is 2. The van der Waals surface area contributed by atoms with Crippen LogP contribution >= 0.6 is 27.3 Å². The number of benzene rings is 2. The number of carbonyl (C=O) groups is 1. The number of nitrogens with zero attached hydrogens (tertiary/aromatic N) is 2. The van der Waals surface area contributed by atoms with E-state index in [4.69, 9.17) is 0 Å². The van der Waals surface area contributed by atoms with Gasteiger partial charge in [-0.15, -0.1) is 10.2 Å². The molecule has 0 unspecified atom stereocenters. The van der Waals surface area contributed by atoms with Gasteiger partial charge in [-0.25, -0.2) is 4.39 Å². The third kappa shape index (κ3) is 5.09. The van der Waals surface area contributed by atoms with Crippen molar-refractivity contribution in [3.8, 4) is 0 Å². The van der Waals surface area contributed by atoms with Crippen LogP contribution in [0.1, 0.15) is 16.1 Å². The lowest BCUT2D eigenvalue weighted by molar-refractivity contribution is -0.114. The SMILES string of the molecule is Cc1cc(Br)ccc1NC(=O)CNc1nnc(Cc2ccc(F)cc2)s1. The van der Waals surface area contributed by atoms with Crippen LogP contribution in [0.3, 0.4) is 0 Å². The summed E-state index contributed by atoms with van der Waals surface area (Å²) in [6.45, 7) is 2.03. The van der Waals surface area contributed by atoms with Gasteiger partial charge in [0.2, 0.25) is 11.0 Å². The topological polar surface area (TPSA) is 66.9 Å². The molecule has 0 atom stereocenters. The molecule has 0 bridgehead atoms. The number of anilines is 2. The predicted octanol–water partition coefficient (Wildman–Crippen LogP) is 4.39. The molecule has 0 fully saturated rings. The van der Waals surface area contributed by atoms with Crippen molar-refractivity contribution in [2.45, 2.75) is 13.3 Å². The quantitative estimate of drug-likeness (QED) is 0.603. The van der Waals surface area contributed by atoms with E-state index in [1.54, 1.807) is 12.1 Å². The van der Waals surface area contributed by atoms with Gasteiger partial charge in [0.05, 0.1) is 6.54 Å². The Hall–Kier alpha value is -2.32. The van der Waals surface area contributed by atoms with Crippen LogP contribution in [0.2, 0.25) is 0 Å². The highest BCUT2D eigenvalue weighted by Crippen LogP contribution is 2.21. The van der Waals surface area contributed by atoms with Gasteiger partial charge in [-0.2, -0.15) is 0 Å². The third-order valence-electron chi connectivity index (χ3n) is 3.60. The Kier molecular flexibility index (Phi) is 5.95. The zero-order valence-electron chi connectivity index (χ0n) is 13.9. The Bertz CT molecular complexity index is 914. The summed E-state index contributed by atoms with van der Waals surface area (Å²) in [5.41, 5.74) is 2.71. The third-order valence-corrected chi connectivity index (χ3v) is 4.97. The molecule has 26 heavy (non-hydrogen) atoms. The first-order chi connectivity index (χ1) is 12.5. The Balaban J connectivity index is 1.52. The van der Waals surface area contributed by atoms with E-state index in [-0.39, 0.29) is 18.3 Å². The van der Waals surface area contributed by atoms with E-state index in [0.29, 0.717) is 11.6 Å². The van der Waals surface area contributed by atoms with Crippen LogP contribution < -0.4 is 10.6 Å². The van der Waals surface area contributed by atoms with Crippen molar-refractivity contribution in [3.05, 3.63) is 68.9 Å². The number of carbonyl (C=O) groups excluding carboxylic acids is 1. The molecule has 2 N–H and O–H groups in total. The van der Waals surface area contributed by atoms with Crippen molar-refractivity contribution in [1.29, 1.82) is 0 Å². The second-order valence-corrected chi connectivity index (χ2v) is 7.64. The summed E-state index contributed by atoms with van der Waals surface area (Å²) in [5.74, 6) is -0.425. The molecule has 0 radical (unpaired) electrons. The maximum absolute atomic E-state index is 12.9.